The van der Waals surface area contributed by atoms with Crippen LogP contribution in [0.25, 0.3) is 0 Å². The lowest BCUT2D eigenvalue weighted by Gasteiger charge is -2.33. The number of hydrogen-bond acceptors (Lipinski definition) is 4. The third-order valence-electron chi connectivity index (χ3n) is 4.50. The topological polar surface area (TPSA) is 95.9 Å². The predicted octanol–water partition coefficient (Wildman–Crippen LogP) is 0.774. The molecule has 0 aromatic carbocycles. The van der Waals surface area contributed by atoms with Crippen LogP contribution in [0.5, 0.6) is 0 Å². The zero-order chi connectivity index (χ0) is 16.8. The molecule has 1 unspecified atom stereocenters. The Labute approximate surface area is 136 Å². The molecular weight excluding hydrogens is 300 g/mol. The fourth-order valence-corrected chi connectivity index (χ4v) is 3.13. The van der Waals surface area contributed by atoms with Gasteiger partial charge in [-0.25, -0.2) is 4.79 Å². The van der Waals surface area contributed by atoms with E-state index in [1.54, 1.807) is 4.90 Å². The minimum absolute atomic E-state index is 0.00621. The number of likely N-dealkylation sites (tertiary alicyclic amines) is 1. The highest BCUT2D eigenvalue weighted by molar-refractivity contribution is 5.84. The highest BCUT2D eigenvalue weighted by atomic mass is 16.5. The molecule has 2 heterocycles. The minimum atomic E-state index is -1.02. The van der Waals surface area contributed by atoms with Crippen molar-refractivity contribution in [3.63, 3.8) is 0 Å². The van der Waals surface area contributed by atoms with Gasteiger partial charge in [0.05, 0.1) is 5.92 Å². The van der Waals surface area contributed by atoms with Crippen LogP contribution in [0.2, 0.25) is 0 Å². The molecule has 0 spiro atoms. The van der Waals surface area contributed by atoms with E-state index >= 15 is 0 Å². The number of nitrogens with one attached hydrogen (secondary N) is 1. The van der Waals surface area contributed by atoms with Crippen molar-refractivity contribution in [2.75, 3.05) is 19.6 Å². The Morgan fingerprint density at radius 1 is 1.22 bits per heavy atom. The van der Waals surface area contributed by atoms with Gasteiger partial charge in [0.2, 0.25) is 5.91 Å². The normalized spacial score (nSPS) is 27.7. The van der Waals surface area contributed by atoms with Crippen LogP contribution in [0.4, 0.5) is 0 Å². The summed E-state index contributed by atoms with van der Waals surface area (Å²) in [7, 11) is 0. The molecule has 7 heteroatoms. The average Bonchev–Trinajstić information content (AvgIpc) is 3.04. The molecule has 2 rings (SSSR count). The first kappa shape index (κ1) is 17.7. The van der Waals surface area contributed by atoms with Gasteiger partial charge < -0.3 is 20.1 Å². The molecule has 0 radical (unpaired) electrons. The fourth-order valence-electron chi connectivity index (χ4n) is 3.13. The molecule has 7 nitrogen and oxygen atoms in total. The van der Waals surface area contributed by atoms with Crippen molar-refractivity contribution in [2.24, 2.45) is 5.92 Å². The standard InChI is InChI=1S/C16H26N2O5/c1-2-3-8-17-14(19)11-5-4-9-18(10-11)15(20)12-6-7-13(23-12)16(21)22/h11-13H,2-10H2,1H3,(H,17,19)(H,21,22)/t11?,12-,13+/m0/s1. The number of carbonyl (C=O) groups is 3. The Hall–Kier alpha value is -1.63. The molecule has 2 aliphatic rings. The lowest BCUT2D eigenvalue weighted by atomic mass is 9.96. The van der Waals surface area contributed by atoms with Crippen molar-refractivity contribution in [1.29, 1.82) is 0 Å². The van der Waals surface area contributed by atoms with Crippen LogP contribution in [0.3, 0.4) is 0 Å². The van der Waals surface area contributed by atoms with Crippen LogP contribution >= 0.6 is 0 Å². The number of carboxylic acid groups (broad SMARTS) is 1. The molecule has 0 bridgehead atoms. The van der Waals surface area contributed by atoms with Gasteiger partial charge in [0.25, 0.3) is 5.91 Å². The number of rotatable bonds is 6. The van der Waals surface area contributed by atoms with Crippen molar-refractivity contribution in [1.82, 2.24) is 10.2 Å². The van der Waals surface area contributed by atoms with Crippen molar-refractivity contribution < 1.29 is 24.2 Å². The van der Waals surface area contributed by atoms with E-state index in [2.05, 4.69) is 12.2 Å². The number of unbranched alkanes of at least 4 members (excludes halogenated alkanes) is 1. The number of hydrogen-bond donors (Lipinski definition) is 2. The van der Waals surface area contributed by atoms with Gasteiger partial charge in [0.15, 0.2) is 6.10 Å². The zero-order valence-corrected chi connectivity index (χ0v) is 13.6. The van der Waals surface area contributed by atoms with Crippen molar-refractivity contribution >= 4 is 17.8 Å². The second-order valence-corrected chi connectivity index (χ2v) is 6.30. The third kappa shape index (κ3) is 4.67. The highest BCUT2D eigenvalue weighted by Gasteiger charge is 2.38. The van der Waals surface area contributed by atoms with Gasteiger partial charge >= 0.3 is 5.97 Å². The largest absolute Gasteiger partial charge is 0.479 e. The number of ether oxygens (including phenoxy) is 1. The first-order valence-corrected chi connectivity index (χ1v) is 8.47. The second-order valence-electron chi connectivity index (χ2n) is 6.30. The van der Waals surface area contributed by atoms with Crippen LogP contribution < -0.4 is 5.32 Å². The van der Waals surface area contributed by atoms with Gasteiger partial charge in [-0.3, -0.25) is 9.59 Å². The Bertz CT molecular complexity index is 454. The van der Waals surface area contributed by atoms with Crippen LogP contribution in [-0.2, 0) is 19.1 Å². The van der Waals surface area contributed by atoms with Gasteiger partial charge in [-0.2, -0.15) is 0 Å². The first-order valence-electron chi connectivity index (χ1n) is 8.47. The van der Waals surface area contributed by atoms with E-state index in [0.29, 0.717) is 32.5 Å². The van der Waals surface area contributed by atoms with E-state index in [1.165, 1.54) is 0 Å². The summed E-state index contributed by atoms with van der Waals surface area (Å²) in [5, 5.41) is 11.9. The van der Waals surface area contributed by atoms with Crippen molar-refractivity contribution in [3.8, 4) is 0 Å². The number of amides is 2. The Morgan fingerprint density at radius 3 is 2.61 bits per heavy atom. The van der Waals surface area contributed by atoms with Gasteiger partial charge in [-0.15, -0.1) is 0 Å². The molecule has 2 saturated heterocycles. The van der Waals surface area contributed by atoms with E-state index in [1.807, 2.05) is 0 Å². The molecule has 0 aromatic heterocycles. The maximum atomic E-state index is 12.5. The first-order chi connectivity index (χ1) is 11.0. The number of nitrogens with zero attached hydrogens (tertiary/aromatic N) is 1. The summed E-state index contributed by atoms with van der Waals surface area (Å²) in [6.45, 7) is 3.74. The smallest absolute Gasteiger partial charge is 0.332 e. The monoisotopic (exact) mass is 326 g/mol. The molecule has 2 fully saturated rings. The van der Waals surface area contributed by atoms with E-state index in [9.17, 15) is 14.4 Å². The van der Waals surface area contributed by atoms with Crippen LogP contribution in [0.1, 0.15) is 45.4 Å². The van der Waals surface area contributed by atoms with E-state index in [4.69, 9.17) is 9.84 Å². The van der Waals surface area contributed by atoms with Gasteiger partial charge in [-0.1, -0.05) is 13.3 Å². The van der Waals surface area contributed by atoms with Crippen LogP contribution in [-0.4, -0.2) is 59.6 Å². The number of carboxylic acids is 1. The van der Waals surface area contributed by atoms with E-state index < -0.39 is 18.2 Å². The Morgan fingerprint density at radius 2 is 1.96 bits per heavy atom. The molecule has 2 N–H and O–H groups in total. The van der Waals surface area contributed by atoms with E-state index in [-0.39, 0.29) is 17.7 Å². The van der Waals surface area contributed by atoms with Crippen LogP contribution in [0.15, 0.2) is 0 Å². The second kappa shape index (κ2) is 8.29. The van der Waals surface area contributed by atoms with Crippen molar-refractivity contribution in [2.45, 2.75) is 57.7 Å². The summed E-state index contributed by atoms with van der Waals surface area (Å²) in [4.78, 5) is 37.2. The minimum Gasteiger partial charge on any atom is -0.479 e. The third-order valence-corrected chi connectivity index (χ3v) is 4.50. The summed E-state index contributed by atoms with van der Waals surface area (Å²) >= 11 is 0. The SMILES string of the molecule is CCCCNC(=O)C1CCCN(C(=O)[C@@H]2CC[C@H](C(=O)O)O2)C1. The molecule has 23 heavy (non-hydrogen) atoms. The lowest BCUT2D eigenvalue weighted by molar-refractivity contribution is -0.155. The lowest BCUT2D eigenvalue weighted by Crippen LogP contribution is -2.48. The zero-order valence-electron chi connectivity index (χ0n) is 13.6. The summed E-state index contributed by atoms with van der Waals surface area (Å²) in [6, 6.07) is 0. The fraction of sp³-hybridized carbons (Fsp3) is 0.812. The van der Waals surface area contributed by atoms with Gasteiger partial charge in [-0.05, 0) is 32.1 Å². The molecule has 0 saturated carbocycles. The summed E-state index contributed by atoms with van der Waals surface area (Å²) in [5.41, 5.74) is 0. The molecule has 0 aliphatic carbocycles. The highest BCUT2D eigenvalue weighted by Crippen LogP contribution is 2.24. The summed E-state index contributed by atoms with van der Waals surface area (Å²) < 4.78 is 5.32. The van der Waals surface area contributed by atoms with Gasteiger partial charge in [0.1, 0.15) is 6.10 Å². The predicted molar refractivity (Wildman–Crippen MR) is 82.8 cm³/mol. The number of aliphatic carboxylic acids is 1. The molecule has 2 aliphatic heterocycles. The summed E-state index contributed by atoms with van der Waals surface area (Å²) in [5.74, 6) is -1.38. The van der Waals surface area contributed by atoms with E-state index in [0.717, 1.165) is 25.7 Å². The maximum absolute atomic E-state index is 12.5. The van der Waals surface area contributed by atoms with Crippen molar-refractivity contribution in [3.05, 3.63) is 0 Å². The average molecular weight is 326 g/mol. The molecule has 0 aromatic rings. The molecule has 3 atom stereocenters. The van der Waals surface area contributed by atoms with Gasteiger partial charge in [0, 0.05) is 19.6 Å². The summed E-state index contributed by atoms with van der Waals surface area (Å²) in [6.07, 6.45) is 2.77. The molecule has 130 valence electrons. The number of carbonyl (C=O) groups excluding carboxylic acids is 2. The maximum Gasteiger partial charge on any atom is 0.332 e. The number of piperidine rings is 1. The Balaban J connectivity index is 1.84. The van der Waals surface area contributed by atoms with Crippen LogP contribution in [0, 0.1) is 5.92 Å². The quantitative estimate of drug-likeness (QED) is 0.703. The molecular formula is C16H26N2O5. The molecule has 2 amide bonds. The Kier molecular flexibility index (Phi) is 6.38.